The fourth-order valence-corrected chi connectivity index (χ4v) is 6.71. The van der Waals surface area contributed by atoms with Crippen molar-refractivity contribution in [2.75, 3.05) is 7.11 Å². The molecule has 0 aromatic rings. The predicted molar refractivity (Wildman–Crippen MR) is 93.5 cm³/mol. The van der Waals surface area contributed by atoms with Gasteiger partial charge in [0.25, 0.3) is 0 Å². The van der Waals surface area contributed by atoms with E-state index in [0.717, 1.165) is 44.2 Å². The number of aliphatic hydroxyl groups is 2. The van der Waals surface area contributed by atoms with Crippen molar-refractivity contribution < 1.29 is 15.1 Å². The minimum absolute atomic E-state index is 0.0214. The van der Waals surface area contributed by atoms with Gasteiger partial charge in [-0.3, -0.25) is 0 Å². The van der Waals surface area contributed by atoms with E-state index in [4.69, 9.17) is 4.84 Å². The van der Waals surface area contributed by atoms with Gasteiger partial charge in [-0.05, 0) is 68.1 Å². The van der Waals surface area contributed by atoms with Crippen LogP contribution in [0.5, 0.6) is 0 Å². The lowest BCUT2D eigenvalue weighted by atomic mass is 9.48. The quantitative estimate of drug-likeness (QED) is 0.572. The van der Waals surface area contributed by atoms with Crippen LogP contribution in [-0.4, -0.2) is 35.2 Å². The van der Waals surface area contributed by atoms with Crippen LogP contribution in [-0.2, 0) is 4.84 Å². The molecule has 7 atom stereocenters. The number of fused-ring (bicyclic) bond motifs is 5. The Hall–Kier alpha value is -0.870. The van der Waals surface area contributed by atoms with E-state index in [9.17, 15) is 10.2 Å². The zero-order chi connectivity index (χ0) is 17.1. The van der Waals surface area contributed by atoms with Gasteiger partial charge in [-0.1, -0.05) is 30.7 Å². The Morgan fingerprint density at radius 2 is 1.88 bits per heavy atom. The van der Waals surface area contributed by atoms with Crippen LogP contribution < -0.4 is 0 Å². The molecule has 4 nitrogen and oxygen atoms in total. The highest BCUT2D eigenvalue weighted by molar-refractivity contribution is 5.95. The SMILES string of the molecule is CO/N=C1/[C@H](O)C[C@H]2[C@@H]3CC=C4C[C@@H](O)CC[C@]4(C)[C@H]3CC[C@]12C. The molecule has 0 amide bonds. The van der Waals surface area contributed by atoms with E-state index in [2.05, 4.69) is 25.1 Å². The largest absolute Gasteiger partial charge is 0.399 e. The van der Waals surface area contributed by atoms with E-state index in [1.54, 1.807) is 7.11 Å². The first-order valence-electron chi connectivity index (χ1n) is 9.57. The molecule has 0 aromatic carbocycles. The fourth-order valence-electron chi connectivity index (χ4n) is 6.71. The standard InChI is InChI=1S/C20H31NO3/c1-19-8-6-13(22)10-12(19)4-5-14-15(19)7-9-20(2)16(14)11-17(23)18(20)21-24-3/h4,13-17,22-23H,5-11H2,1-3H3/b21-18-/t13-,14+,15-,16-,17+,19-,20-/m0/s1. The molecule has 4 rings (SSSR count). The van der Waals surface area contributed by atoms with Crippen LogP contribution in [0.15, 0.2) is 16.8 Å². The number of nitrogens with zero attached hydrogens (tertiary/aromatic N) is 1. The molecule has 4 heteroatoms. The third kappa shape index (κ3) is 2.15. The van der Waals surface area contributed by atoms with Crippen LogP contribution in [0.4, 0.5) is 0 Å². The molecule has 134 valence electrons. The highest BCUT2D eigenvalue weighted by Gasteiger charge is 2.60. The molecule has 0 saturated heterocycles. The summed E-state index contributed by atoms with van der Waals surface area (Å²) in [7, 11) is 1.58. The van der Waals surface area contributed by atoms with Gasteiger partial charge in [0.1, 0.15) is 7.11 Å². The molecule has 2 N–H and O–H groups in total. The molecule has 0 aromatic heterocycles. The second-order valence-electron chi connectivity index (χ2n) is 9.02. The van der Waals surface area contributed by atoms with Crippen molar-refractivity contribution in [1.29, 1.82) is 0 Å². The third-order valence-corrected chi connectivity index (χ3v) is 8.04. The van der Waals surface area contributed by atoms with Crippen LogP contribution in [0.3, 0.4) is 0 Å². The number of aliphatic hydroxyl groups excluding tert-OH is 2. The van der Waals surface area contributed by atoms with Crippen molar-refractivity contribution >= 4 is 5.71 Å². The molecule has 0 aliphatic heterocycles. The number of hydrogen-bond donors (Lipinski definition) is 2. The van der Waals surface area contributed by atoms with Crippen molar-refractivity contribution in [2.24, 2.45) is 33.7 Å². The van der Waals surface area contributed by atoms with Gasteiger partial charge in [0.15, 0.2) is 0 Å². The number of allylic oxidation sites excluding steroid dienone is 1. The van der Waals surface area contributed by atoms with Gasteiger partial charge in [-0.15, -0.1) is 0 Å². The summed E-state index contributed by atoms with van der Waals surface area (Å²) in [5.41, 5.74) is 2.59. The summed E-state index contributed by atoms with van der Waals surface area (Å²) in [4.78, 5) is 5.05. The molecular weight excluding hydrogens is 302 g/mol. The Morgan fingerprint density at radius 3 is 2.62 bits per heavy atom. The molecule has 0 unspecified atom stereocenters. The van der Waals surface area contributed by atoms with Gasteiger partial charge in [-0.25, -0.2) is 0 Å². The number of oxime groups is 1. The Balaban J connectivity index is 1.68. The van der Waals surface area contributed by atoms with Crippen molar-refractivity contribution in [3.05, 3.63) is 11.6 Å². The maximum Gasteiger partial charge on any atom is 0.106 e. The number of hydrogen-bond acceptors (Lipinski definition) is 4. The summed E-state index contributed by atoms with van der Waals surface area (Å²) in [6.07, 6.45) is 8.91. The van der Waals surface area contributed by atoms with E-state index < -0.39 is 6.10 Å². The normalized spacial score (nSPS) is 52.3. The second-order valence-corrected chi connectivity index (χ2v) is 9.02. The minimum atomic E-state index is -0.454. The summed E-state index contributed by atoms with van der Waals surface area (Å²) in [6, 6.07) is 0. The van der Waals surface area contributed by atoms with E-state index in [1.807, 2.05) is 0 Å². The summed E-state index contributed by atoms with van der Waals surface area (Å²) in [6.45, 7) is 4.72. The molecule has 4 aliphatic carbocycles. The average Bonchev–Trinajstić information content (AvgIpc) is 2.80. The van der Waals surface area contributed by atoms with Crippen LogP contribution in [0, 0.1) is 28.6 Å². The Kier molecular flexibility index (Phi) is 3.85. The molecular formula is C20H31NO3. The van der Waals surface area contributed by atoms with E-state index in [1.165, 1.54) is 12.0 Å². The summed E-state index contributed by atoms with van der Waals surface area (Å²) >= 11 is 0. The van der Waals surface area contributed by atoms with E-state index in [0.29, 0.717) is 17.8 Å². The smallest absolute Gasteiger partial charge is 0.106 e. The van der Waals surface area contributed by atoms with Gasteiger partial charge >= 0.3 is 0 Å². The summed E-state index contributed by atoms with van der Waals surface area (Å²) in [5.74, 6) is 1.78. The maximum atomic E-state index is 10.6. The Bertz CT molecular complexity index is 585. The first-order valence-corrected chi connectivity index (χ1v) is 9.57. The van der Waals surface area contributed by atoms with Crippen molar-refractivity contribution in [3.8, 4) is 0 Å². The van der Waals surface area contributed by atoms with Gasteiger partial charge < -0.3 is 15.1 Å². The molecule has 0 heterocycles. The topological polar surface area (TPSA) is 62.0 Å². The van der Waals surface area contributed by atoms with Gasteiger partial charge in [0.05, 0.1) is 17.9 Å². The molecule has 24 heavy (non-hydrogen) atoms. The van der Waals surface area contributed by atoms with Crippen molar-refractivity contribution in [3.63, 3.8) is 0 Å². The highest BCUT2D eigenvalue weighted by Crippen LogP contribution is 2.64. The van der Waals surface area contributed by atoms with E-state index in [-0.39, 0.29) is 16.9 Å². The molecule has 3 saturated carbocycles. The lowest BCUT2D eigenvalue weighted by molar-refractivity contribution is -0.0237. The number of rotatable bonds is 1. The van der Waals surface area contributed by atoms with Gasteiger partial charge in [-0.2, -0.15) is 0 Å². The second kappa shape index (κ2) is 5.57. The first-order chi connectivity index (χ1) is 11.4. The molecule has 0 radical (unpaired) electrons. The highest BCUT2D eigenvalue weighted by atomic mass is 16.6. The molecule has 0 bridgehead atoms. The first kappa shape index (κ1) is 16.6. The zero-order valence-electron chi connectivity index (χ0n) is 15.2. The lowest BCUT2D eigenvalue weighted by Gasteiger charge is -2.57. The zero-order valence-corrected chi connectivity index (χ0v) is 15.2. The van der Waals surface area contributed by atoms with Crippen LogP contribution in [0.25, 0.3) is 0 Å². The van der Waals surface area contributed by atoms with E-state index >= 15 is 0 Å². The summed E-state index contributed by atoms with van der Waals surface area (Å²) in [5, 5.41) is 24.9. The minimum Gasteiger partial charge on any atom is -0.399 e. The van der Waals surface area contributed by atoms with Gasteiger partial charge in [0.2, 0.25) is 0 Å². The Morgan fingerprint density at radius 1 is 1.12 bits per heavy atom. The third-order valence-electron chi connectivity index (χ3n) is 8.04. The predicted octanol–water partition coefficient (Wildman–Crippen LogP) is 3.28. The van der Waals surface area contributed by atoms with Crippen LogP contribution in [0.1, 0.15) is 58.8 Å². The molecule has 4 aliphatic rings. The molecule has 3 fully saturated rings. The monoisotopic (exact) mass is 333 g/mol. The average molecular weight is 333 g/mol. The van der Waals surface area contributed by atoms with Crippen molar-refractivity contribution in [2.45, 2.75) is 71.0 Å². The maximum absolute atomic E-state index is 10.6. The van der Waals surface area contributed by atoms with Crippen LogP contribution >= 0.6 is 0 Å². The fraction of sp³-hybridized carbons (Fsp3) is 0.850. The van der Waals surface area contributed by atoms with Crippen LogP contribution in [0.2, 0.25) is 0 Å². The van der Waals surface area contributed by atoms with Crippen molar-refractivity contribution in [1.82, 2.24) is 0 Å². The summed E-state index contributed by atoms with van der Waals surface area (Å²) < 4.78 is 0. The molecule has 0 spiro atoms. The Labute approximate surface area is 145 Å². The van der Waals surface area contributed by atoms with Gasteiger partial charge in [0, 0.05) is 5.41 Å². The lowest BCUT2D eigenvalue weighted by Crippen LogP contribution is -2.50.